The lowest BCUT2D eigenvalue weighted by atomic mass is 9.95. The molecule has 1 N–H and O–H groups in total. The summed E-state index contributed by atoms with van der Waals surface area (Å²) in [6.45, 7) is 0.769. The minimum absolute atomic E-state index is 0.0702. The van der Waals surface area contributed by atoms with Crippen LogP contribution in [0.15, 0.2) is 54.1 Å². The number of rotatable bonds is 5. The Labute approximate surface area is 182 Å². The Kier molecular flexibility index (Phi) is 5.75. The van der Waals surface area contributed by atoms with Gasteiger partial charge in [-0.25, -0.2) is 0 Å². The summed E-state index contributed by atoms with van der Waals surface area (Å²) < 4.78 is 5.64. The van der Waals surface area contributed by atoms with Gasteiger partial charge in [-0.15, -0.1) is 0 Å². The number of hydrogen-bond acceptors (Lipinski definition) is 6. The molecule has 2 fully saturated rings. The molecule has 0 spiro atoms. The summed E-state index contributed by atoms with van der Waals surface area (Å²) in [6.07, 6.45) is 1.41. The SMILES string of the molecule is O=C1C(=O)N(C[C@@H]2CCCO2)[C@@H](c2ccc([N+](=O)[O-])cc2)/C1=C(\O)c1ccc(Cl)cc1. The summed E-state index contributed by atoms with van der Waals surface area (Å²) in [5, 5.41) is 22.4. The fourth-order valence-corrected chi connectivity index (χ4v) is 4.09. The zero-order valence-corrected chi connectivity index (χ0v) is 17.1. The minimum Gasteiger partial charge on any atom is -0.507 e. The molecule has 0 aliphatic carbocycles. The number of non-ortho nitro benzene ring substituents is 1. The fraction of sp³-hybridized carbons (Fsp3) is 0.273. The van der Waals surface area contributed by atoms with E-state index in [2.05, 4.69) is 0 Å². The number of ketones is 1. The molecule has 0 saturated carbocycles. The van der Waals surface area contributed by atoms with Crippen LogP contribution in [0.3, 0.4) is 0 Å². The predicted molar refractivity (Wildman–Crippen MR) is 113 cm³/mol. The van der Waals surface area contributed by atoms with Crippen LogP contribution in [0, 0.1) is 10.1 Å². The summed E-state index contributed by atoms with van der Waals surface area (Å²) in [4.78, 5) is 37.7. The van der Waals surface area contributed by atoms with E-state index in [4.69, 9.17) is 16.3 Å². The van der Waals surface area contributed by atoms with E-state index in [0.29, 0.717) is 22.8 Å². The molecule has 8 nitrogen and oxygen atoms in total. The molecular weight excluding hydrogens is 424 g/mol. The lowest BCUT2D eigenvalue weighted by molar-refractivity contribution is -0.384. The number of hydrogen-bond donors (Lipinski definition) is 1. The van der Waals surface area contributed by atoms with E-state index >= 15 is 0 Å². The average Bonchev–Trinajstić information content (AvgIpc) is 3.36. The van der Waals surface area contributed by atoms with Gasteiger partial charge in [0.25, 0.3) is 17.4 Å². The Morgan fingerprint density at radius 2 is 1.84 bits per heavy atom. The van der Waals surface area contributed by atoms with E-state index < -0.39 is 22.7 Å². The Balaban J connectivity index is 1.81. The number of benzene rings is 2. The topological polar surface area (TPSA) is 110 Å². The number of nitro benzene ring substituents is 1. The van der Waals surface area contributed by atoms with Crippen molar-refractivity contribution in [1.82, 2.24) is 4.90 Å². The van der Waals surface area contributed by atoms with E-state index in [1.165, 1.54) is 29.2 Å². The molecule has 2 atom stereocenters. The van der Waals surface area contributed by atoms with Gasteiger partial charge in [-0.3, -0.25) is 19.7 Å². The molecule has 0 unspecified atom stereocenters. The Bertz CT molecular complexity index is 1060. The number of amides is 1. The minimum atomic E-state index is -0.888. The molecule has 31 heavy (non-hydrogen) atoms. The maximum absolute atomic E-state index is 12.9. The third-order valence-corrected chi connectivity index (χ3v) is 5.75. The molecule has 2 saturated heterocycles. The summed E-state index contributed by atoms with van der Waals surface area (Å²) in [6, 6.07) is 11.0. The first-order valence-corrected chi connectivity index (χ1v) is 10.1. The van der Waals surface area contributed by atoms with Crippen molar-refractivity contribution in [1.29, 1.82) is 0 Å². The van der Waals surface area contributed by atoms with Crippen molar-refractivity contribution in [2.45, 2.75) is 25.0 Å². The highest BCUT2D eigenvalue weighted by Gasteiger charge is 2.47. The number of aliphatic hydroxyl groups is 1. The average molecular weight is 443 g/mol. The molecule has 4 rings (SSSR count). The quantitative estimate of drug-likeness (QED) is 0.247. The van der Waals surface area contributed by atoms with Gasteiger partial charge in [0, 0.05) is 35.9 Å². The predicted octanol–water partition coefficient (Wildman–Crippen LogP) is 3.85. The van der Waals surface area contributed by atoms with Gasteiger partial charge in [-0.2, -0.15) is 0 Å². The molecule has 0 aromatic heterocycles. The largest absolute Gasteiger partial charge is 0.507 e. The van der Waals surface area contributed by atoms with E-state index in [1.807, 2.05) is 0 Å². The van der Waals surface area contributed by atoms with Crippen molar-refractivity contribution < 1.29 is 24.4 Å². The molecule has 0 bridgehead atoms. The normalized spacial score (nSPS) is 22.8. The second kappa shape index (κ2) is 8.49. The van der Waals surface area contributed by atoms with E-state index in [1.54, 1.807) is 24.3 Å². The maximum atomic E-state index is 12.9. The monoisotopic (exact) mass is 442 g/mol. The summed E-state index contributed by atoms with van der Waals surface area (Å²) in [5.41, 5.74) is 0.640. The van der Waals surface area contributed by atoms with Crippen molar-refractivity contribution >= 4 is 34.7 Å². The zero-order chi connectivity index (χ0) is 22.1. The van der Waals surface area contributed by atoms with Gasteiger partial charge in [0.1, 0.15) is 5.76 Å². The molecule has 9 heteroatoms. The van der Waals surface area contributed by atoms with Crippen LogP contribution in [0.4, 0.5) is 5.69 Å². The Morgan fingerprint density at radius 1 is 1.16 bits per heavy atom. The summed E-state index contributed by atoms with van der Waals surface area (Å²) in [7, 11) is 0. The van der Waals surface area contributed by atoms with Crippen molar-refractivity contribution in [2.75, 3.05) is 13.2 Å². The molecule has 0 radical (unpaired) electrons. The van der Waals surface area contributed by atoms with Crippen LogP contribution in [0.5, 0.6) is 0 Å². The number of carbonyl (C=O) groups excluding carboxylic acids is 2. The van der Waals surface area contributed by atoms with Crippen LogP contribution in [0.2, 0.25) is 5.02 Å². The molecule has 2 heterocycles. The lowest BCUT2D eigenvalue weighted by Crippen LogP contribution is -2.36. The van der Waals surface area contributed by atoms with Crippen LogP contribution in [0.1, 0.15) is 30.0 Å². The second-order valence-electron chi connectivity index (χ2n) is 7.44. The van der Waals surface area contributed by atoms with Crippen molar-refractivity contribution in [2.24, 2.45) is 0 Å². The highest BCUT2D eigenvalue weighted by atomic mass is 35.5. The zero-order valence-electron chi connectivity index (χ0n) is 16.4. The Morgan fingerprint density at radius 3 is 2.42 bits per heavy atom. The number of nitro groups is 1. The van der Waals surface area contributed by atoms with Gasteiger partial charge >= 0.3 is 0 Å². The van der Waals surface area contributed by atoms with Crippen LogP contribution in [-0.2, 0) is 14.3 Å². The third-order valence-electron chi connectivity index (χ3n) is 5.50. The number of carbonyl (C=O) groups is 2. The van der Waals surface area contributed by atoms with E-state index in [9.17, 15) is 24.8 Å². The Hall–Kier alpha value is -3.23. The van der Waals surface area contributed by atoms with Gasteiger partial charge in [0.15, 0.2) is 0 Å². The molecular formula is C22H19ClN2O6. The lowest BCUT2D eigenvalue weighted by Gasteiger charge is -2.27. The standard InChI is InChI=1S/C22H19ClN2O6/c23-15-7-3-14(4-8-15)20(26)18-19(13-5-9-16(10-6-13)25(29)30)24(22(28)21(18)27)12-17-2-1-11-31-17/h3-10,17,19,26H,1-2,11-12H2/b20-18+/t17-,19-/m0/s1. The van der Waals surface area contributed by atoms with Gasteiger partial charge in [0.05, 0.1) is 22.6 Å². The first-order chi connectivity index (χ1) is 14.9. The molecule has 2 aliphatic rings. The van der Waals surface area contributed by atoms with Crippen LogP contribution >= 0.6 is 11.6 Å². The first-order valence-electron chi connectivity index (χ1n) is 9.77. The van der Waals surface area contributed by atoms with Crippen LogP contribution in [-0.4, -0.2) is 45.9 Å². The molecule has 2 aromatic carbocycles. The third kappa shape index (κ3) is 4.04. The molecule has 160 valence electrons. The smallest absolute Gasteiger partial charge is 0.295 e. The van der Waals surface area contributed by atoms with Crippen molar-refractivity contribution in [3.63, 3.8) is 0 Å². The number of Topliss-reactive ketones (excluding diaryl/α,β-unsaturated/α-hetero) is 1. The fourth-order valence-electron chi connectivity index (χ4n) is 3.96. The number of nitrogens with zero attached hydrogens (tertiary/aromatic N) is 2. The first kappa shape index (κ1) is 21.0. The number of likely N-dealkylation sites (tertiary alicyclic amines) is 1. The van der Waals surface area contributed by atoms with E-state index in [0.717, 1.165) is 12.8 Å². The number of aliphatic hydroxyl groups excluding tert-OH is 1. The molecule has 1 amide bonds. The van der Waals surface area contributed by atoms with E-state index in [-0.39, 0.29) is 29.7 Å². The highest BCUT2D eigenvalue weighted by molar-refractivity contribution is 6.46. The van der Waals surface area contributed by atoms with Crippen LogP contribution in [0.25, 0.3) is 5.76 Å². The van der Waals surface area contributed by atoms with Crippen molar-refractivity contribution in [3.05, 3.63) is 80.4 Å². The van der Waals surface area contributed by atoms with Crippen LogP contribution < -0.4 is 0 Å². The number of halogens is 1. The van der Waals surface area contributed by atoms with Gasteiger partial charge in [0.2, 0.25) is 0 Å². The van der Waals surface area contributed by atoms with Gasteiger partial charge in [-0.05, 0) is 54.8 Å². The maximum Gasteiger partial charge on any atom is 0.295 e. The van der Waals surface area contributed by atoms with Crippen molar-refractivity contribution in [3.8, 4) is 0 Å². The molecule has 2 aliphatic heterocycles. The molecule has 2 aromatic rings. The van der Waals surface area contributed by atoms with Gasteiger partial charge in [-0.1, -0.05) is 11.6 Å². The number of ether oxygens (including phenoxy) is 1. The highest BCUT2D eigenvalue weighted by Crippen LogP contribution is 2.40. The van der Waals surface area contributed by atoms with Gasteiger partial charge < -0.3 is 14.7 Å². The summed E-state index contributed by atoms with van der Waals surface area (Å²) in [5.74, 6) is -1.88. The summed E-state index contributed by atoms with van der Waals surface area (Å²) >= 11 is 5.92. The second-order valence-corrected chi connectivity index (χ2v) is 7.88.